The van der Waals surface area contributed by atoms with Crippen LogP contribution in [0.15, 0.2) is 0 Å². The number of rotatable bonds is 2. The molecule has 4 nitrogen and oxygen atoms in total. The third kappa shape index (κ3) is 2.05. The fourth-order valence-electron chi connectivity index (χ4n) is 1.43. The molecule has 1 fully saturated rings. The second-order valence-electron chi connectivity index (χ2n) is 3.46. The number of esters is 1. The van der Waals surface area contributed by atoms with Gasteiger partial charge >= 0.3 is 5.97 Å². The molecule has 1 rings (SSSR count). The average Bonchev–Trinajstić information content (AvgIpc) is 2.28. The van der Waals surface area contributed by atoms with Gasteiger partial charge in [0.05, 0.1) is 11.5 Å². The van der Waals surface area contributed by atoms with E-state index in [1.807, 2.05) is 0 Å². The van der Waals surface area contributed by atoms with Crippen molar-refractivity contribution in [3.05, 3.63) is 0 Å². The Bertz CT molecular complexity index is 233. The first-order valence-corrected chi connectivity index (χ1v) is 4.65. The van der Waals surface area contributed by atoms with E-state index in [-0.39, 0.29) is 6.61 Å². The lowest BCUT2D eigenvalue weighted by atomic mass is 9.85. The van der Waals surface area contributed by atoms with Crippen molar-refractivity contribution in [2.24, 2.45) is 0 Å². The van der Waals surface area contributed by atoms with Crippen molar-refractivity contribution in [3.8, 4) is 0 Å². The van der Waals surface area contributed by atoms with Gasteiger partial charge in [0.25, 0.3) is 0 Å². The quantitative estimate of drug-likeness (QED) is 0.396. The van der Waals surface area contributed by atoms with Gasteiger partial charge in [-0.25, -0.2) is 0 Å². The summed E-state index contributed by atoms with van der Waals surface area (Å²) in [7, 11) is 5.59. The lowest BCUT2D eigenvalue weighted by Gasteiger charge is -2.26. The van der Waals surface area contributed by atoms with E-state index in [2.05, 4.69) is 0 Å². The number of carbonyl (C=O) groups excluding carboxylic acids is 1. The van der Waals surface area contributed by atoms with Gasteiger partial charge in [0, 0.05) is 12.9 Å². The van der Waals surface area contributed by atoms with Crippen LogP contribution in [0.1, 0.15) is 13.8 Å². The van der Waals surface area contributed by atoms with E-state index < -0.39 is 29.1 Å². The van der Waals surface area contributed by atoms with Crippen molar-refractivity contribution in [3.63, 3.8) is 0 Å². The summed E-state index contributed by atoms with van der Waals surface area (Å²) in [6.07, 6.45) is -1.38. The van der Waals surface area contributed by atoms with Crippen LogP contribution in [0.5, 0.6) is 0 Å². The highest BCUT2D eigenvalue weighted by molar-refractivity contribution is 6.30. The highest BCUT2D eigenvalue weighted by Crippen LogP contribution is 2.37. The normalized spacial score (nSPS) is 42.4. The molecule has 6 heteroatoms. The Labute approximate surface area is 88.9 Å². The minimum Gasteiger partial charge on any atom is -0.458 e. The van der Waals surface area contributed by atoms with Crippen LogP contribution in [-0.4, -0.2) is 48.6 Å². The molecule has 4 atom stereocenters. The SMILES string of the molecule is [B][C@@H]1OC(CO)[C@@H](OC(C)=O)[C@]1(C)Cl. The predicted octanol–water partition coefficient (Wildman–Crippen LogP) is -0.199. The lowest BCUT2D eigenvalue weighted by Crippen LogP contribution is -2.44. The maximum absolute atomic E-state index is 10.8. The first-order valence-electron chi connectivity index (χ1n) is 4.27. The van der Waals surface area contributed by atoms with Crippen LogP contribution in [0.2, 0.25) is 0 Å². The van der Waals surface area contributed by atoms with Crippen LogP contribution >= 0.6 is 11.6 Å². The number of aliphatic hydroxyl groups is 1. The third-order valence-corrected chi connectivity index (χ3v) is 2.67. The molecule has 78 valence electrons. The highest BCUT2D eigenvalue weighted by atomic mass is 35.5. The minimum atomic E-state index is -1.00. The number of carbonyl (C=O) groups is 1. The average molecular weight is 218 g/mol. The monoisotopic (exact) mass is 218 g/mol. The topological polar surface area (TPSA) is 55.8 Å². The van der Waals surface area contributed by atoms with Gasteiger partial charge in [0.1, 0.15) is 14.0 Å². The molecule has 0 aromatic carbocycles. The molecule has 1 unspecified atom stereocenters. The van der Waals surface area contributed by atoms with Crippen LogP contribution in [0, 0.1) is 0 Å². The maximum atomic E-state index is 10.8. The molecule has 1 N–H and O–H groups in total. The minimum absolute atomic E-state index is 0.284. The van der Waals surface area contributed by atoms with Gasteiger partial charge < -0.3 is 14.6 Å². The molecule has 0 aromatic heterocycles. The molecule has 2 radical (unpaired) electrons. The van der Waals surface area contributed by atoms with Crippen molar-refractivity contribution < 1.29 is 19.4 Å². The Hall–Kier alpha value is -0.255. The van der Waals surface area contributed by atoms with E-state index in [1.165, 1.54) is 6.92 Å². The molecular formula is C8H12BClO4. The number of halogens is 1. The number of ether oxygens (including phenoxy) is 2. The Morgan fingerprint density at radius 2 is 2.36 bits per heavy atom. The Morgan fingerprint density at radius 3 is 2.79 bits per heavy atom. The van der Waals surface area contributed by atoms with Crippen molar-refractivity contribution in [1.82, 2.24) is 0 Å². The molecule has 1 aliphatic heterocycles. The molecule has 1 saturated heterocycles. The molecular weight excluding hydrogens is 206 g/mol. The van der Waals surface area contributed by atoms with Crippen molar-refractivity contribution >= 4 is 25.4 Å². The highest BCUT2D eigenvalue weighted by Gasteiger charge is 2.51. The summed E-state index contributed by atoms with van der Waals surface area (Å²) in [6.45, 7) is 2.60. The predicted molar refractivity (Wildman–Crippen MR) is 51.3 cm³/mol. The standard InChI is InChI=1S/C8H12BClO4/c1-4(12)13-6-5(3-11)14-7(9)8(6,2)10/h5-7,11H,3H2,1-2H3/t5?,6-,7-,8+/m1/s1. The Morgan fingerprint density at radius 1 is 1.79 bits per heavy atom. The Balaban J connectivity index is 2.80. The smallest absolute Gasteiger partial charge is 0.303 e. The van der Waals surface area contributed by atoms with Gasteiger partial charge in [-0.1, -0.05) is 0 Å². The molecule has 1 heterocycles. The van der Waals surface area contributed by atoms with E-state index in [9.17, 15) is 4.79 Å². The van der Waals surface area contributed by atoms with E-state index >= 15 is 0 Å². The second kappa shape index (κ2) is 4.09. The molecule has 0 bridgehead atoms. The van der Waals surface area contributed by atoms with Crippen LogP contribution in [0.4, 0.5) is 0 Å². The summed E-state index contributed by atoms with van der Waals surface area (Å²) in [6, 6.07) is -0.759. The fraction of sp³-hybridized carbons (Fsp3) is 0.875. The number of hydrogen-bond acceptors (Lipinski definition) is 4. The van der Waals surface area contributed by atoms with Gasteiger partial charge in [-0.15, -0.1) is 11.6 Å². The van der Waals surface area contributed by atoms with Gasteiger partial charge in [-0.2, -0.15) is 0 Å². The molecule has 0 aliphatic carbocycles. The molecule has 0 spiro atoms. The van der Waals surface area contributed by atoms with Crippen LogP contribution in [0.25, 0.3) is 0 Å². The lowest BCUT2D eigenvalue weighted by molar-refractivity contribution is -0.150. The van der Waals surface area contributed by atoms with Crippen LogP contribution in [-0.2, 0) is 14.3 Å². The third-order valence-electron chi connectivity index (χ3n) is 2.24. The van der Waals surface area contributed by atoms with Gasteiger partial charge in [-0.05, 0) is 6.92 Å². The zero-order valence-corrected chi connectivity index (χ0v) is 8.82. The van der Waals surface area contributed by atoms with Crippen molar-refractivity contribution in [2.45, 2.75) is 36.9 Å². The van der Waals surface area contributed by atoms with E-state index in [0.29, 0.717) is 0 Å². The molecule has 0 saturated carbocycles. The first-order chi connectivity index (χ1) is 6.39. The van der Waals surface area contributed by atoms with Crippen LogP contribution < -0.4 is 0 Å². The van der Waals surface area contributed by atoms with E-state index in [4.69, 9.17) is 34.0 Å². The van der Waals surface area contributed by atoms with E-state index in [0.717, 1.165) is 0 Å². The summed E-state index contributed by atoms with van der Waals surface area (Å²) in [5.41, 5.74) is 0. The summed E-state index contributed by atoms with van der Waals surface area (Å²) in [4.78, 5) is 9.80. The fourth-order valence-corrected chi connectivity index (χ4v) is 1.66. The molecule has 0 aromatic rings. The number of hydrogen-bond donors (Lipinski definition) is 1. The van der Waals surface area contributed by atoms with Gasteiger partial charge in [0.15, 0.2) is 6.10 Å². The van der Waals surface area contributed by atoms with Crippen molar-refractivity contribution in [1.29, 1.82) is 0 Å². The Kier molecular flexibility index (Phi) is 3.45. The van der Waals surface area contributed by atoms with Gasteiger partial charge in [0.2, 0.25) is 0 Å². The summed E-state index contributed by atoms with van der Waals surface area (Å²) >= 11 is 6.06. The molecule has 14 heavy (non-hydrogen) atoms. The molecule has 0 amide bonds. The van der Waals surface area contributed by atoms with Crippen LogP contribution in [0.3, 0.4) is 0 Å². The van der Waals surface area contributed by atoms with Crippen molar-refractivity contribution in [2.75, 3.05) is 6.61 Å². The maximum Gasteiger partial charge on any atom is 0.303 e. The summed E-state index contributed by atoms with van der Waals surface area (Å²) < 4.78 is 10.1. The second-order valence-corrected chi connectivity index (χ2v) is 4.27. The number of alkyl halides is 1. The summed E-state index contributed by atoms with van der Waals surface area (Å²) in [5.74, 6) is -0.474. The van der Waals surface area contributed by atoms with Gasteiger partial charge in [-0.3, -0.25) is 4.79 Å². The molecule has 1 aliphatic rings. The van der Waals surface area contributed by atoms with E-state index in [1.54, 1.807) is 6.92 Å². The first kappa shape index (κ1) is 11.8. The number of aliphatic hydroxyl groups excluding tert-OH is 1. The largest absolute Gasteiger partial charge is 0.458 e. The zero-order chi connectivity index (χ0) is 10.9. The summed E-state index contributed by atoms with van der Waals surface area (Å²) in [5, 5.41) is 8.97. The zero-order valence-electron chi connectivity index (χ0n) is 8.07.